The molecule has 1 amide bonds. The van der Waals surface area contributed by atoms with Crippen molar-refractivity contribution >= 4 is 33.1 Å². The largest absolute Gasteiger partial charge is 0.484 e. The van der Waals surface area contributed by atoms with Gasteiger partial charge in [0.25, 0.3) is 11.6 Å². The van der Waals surface area contributed by atoms with Gasteiger partial charge in [0, 0.05) is 18.5 Å². The number of hydrogen-bond donors (Lipinski definition) is 1. The van der Waals surface area contributed by atoms with Crippen LogP contribution in [0, 0.1) is 10.1 Å². The van der Waals surface area contributed by atoms with Crippen LogP contribution in [0.5, 0.6) is 5.75 Å². The number of nitrogens with zero attached hydrogens (tertiary/aromatic N) is 2. The fraction of sp³-hybridized carbons (Fsp3) is 0.222. The van der Waals surface area contributed by atoms with E-state index < -0.39 is 4.92 Å². The molecule has 1 unspecified atom stereocenters. The maximum atomic E-state index is 12.0. The first-order chi connectivity index (χ1) is 12.5. The highest BCUT2D eigenvalue weighted by Crippen LogP contribution is 2.26. The Morgan fingerprint density at radius 2 is 2.12 bits per heavy atom. The van der Waals surface area contributed by atoms with Crippen LogP contribution in [-0.4, -0.2) is 29.0 Å². The van der Waals surface area contributed by atoms with E-state index in [0.29, 0.717) is 6.54 Å². The highest BCUT2D eigenvalue weighted by Gasteiger charge is 2.13. The summed E-state index contributed by atoms with van der Waals surface area (Å²) in [5.74, 6) is 0.0761. The summed E-state index contributed by atoms with van der Waals surface area (Å²) in [4.78, 5) is 26.8. The lowest BCUT2D eigenvalue weighted by Gasteiger charge is -2.11. The van der Waals surface area contributed by atoms with Gasteiger partial charge in [-0.1, -0.05) is 25.1 Å². The molecule has 134 valence electrons. The van der Waals surface area contributed by atoms with Crippen LogP contribution in [-0.2, 0) is 4.79 Å². The molecule has 26 heavy (non-hydrogen) atoms. The number of nitro groups is 1. The average Bonchev–Trinajstić information content (AvgIpc) is 3.09. The highest BCUT2D eigenvalue weighted by atomic mass is 32.1. The van der Waals surface area contributed by atoms with E-state index >= 15 is 0 Å². The van der Waals surface area contributed by atoms with Crippen LogP contribution in [0.2, 0.25) is 0 Å². The first-order valence-electron chi connectivity index (χ1n) is 8.02. The number of fused-ring (bicyclic) bond motifs is 1. The van der Waals surface area contributed by atoms with Crippen LogP contribution < -0.4 is 10.1 Å². The molecule has 0 aliphatic heterocycles. The molecule has 1 atom stereocenters. The lowest BCUT2D eigenvalue weighted by atomic mass is 10.2. The molecule has 0 radical (unpaired) electrons. The van der Waals surface area contributed by atoms with Crippen molar-refractivity contribution in [2.45, 2.75) is 12.8 Å². The number of amides is 1. The Morgan fingerprint density at radius 1 is 1.31 bits per heavy atom. The minimum absolute atomic E-state index is 0.0765. The van der Waals surface area contributed by atoms with E-state index in [9.17, 15) is 14.9 Å². The van der Waals surface area contributed by atoms with Gasteiger partial charge in [-0.3, -0.25) is 14.9 Å². The fourth-order valence-electron chi connectivity index (χ4n) is 2.34. The van der Waals surface area contributed by atoms with E-state index in [0.717, 1.165) is 15.2 Å². The number of carbonyl (C=O) groups excluding carboxylic acids is 1. The molecule has 1 aromatic heterocycles. The standard InChI is InChI=1S/C18H17N3O4S/c1-12(18-20-15-7-2-3-8-16(15)26-18)10-19-17(22)11-25-14-6-4-5-13(9-14)21(23)24/h2-9,12H,10-11H2,1H3,(H,19,22). The highest BCUT2D eigenvalue weighted by molar-refractivity contribution is 7.18. The topological polar surface area (TPSA) is 94.4 Å². The van der Waals surface area contributed by atoms with Crippen LogP contribution in [0.25, 0.3) is 10.2 Å². The fourth-order valence-corrected chi connectivity index (χ4v) is 3.36. The van der Waals surface area contributed by atoms with Crippen molar-refractivity contribution in [3.05, 3.63) is 63.7 Å². The lowest BCUT2D eigenvalue weighted by molar-refractivity contribution is -0.384. The quantitative estimate of drug-likeness (QED) is 0.507. The molecule has 0 aliphatic rings. The van der Waals surface area contributed by atoms with Crippen molar-refractivity contribution < 1.29 is 14.5 Å². The number of rotatable bonds is 7. The average molecular weight is 371 g/mol. The van der Waals surface area contributed by atoms with Crippen LogP contribution in [0.3, 0.4) is 0 Å². The molecule has 0 bridgehead atoms. The zero-order valence-corrected chi connectivity index (χ0v) is 14.9. The van der Waals surface area contributed by atoms with Gasteiger partial charge in [0.15, 0.2) is 6.61 Å². The van der Waals surface area contributed by atoms with Crippen LogP contribution >= 0.6 is 11.3 Å². The number of thiazole rings is 1. The predicted molar refractivity (Wildman–Crippen MR) is 99.6 cm³/mol. The molecule has 7 nitrogen and oxygen atoms in total. The Bertz CT molecular complexity index is 908. The maximum absolute atomic E-state index is 12.0. The molecular formula is C18H17N3O4S. The van der Waals surface area contributed by atoms with E-state index in [1.165, 1.54) is 18.2 Å². The second-order valence-corrected chi connectivity index (χ2v) is 6.83. The third-order valence-corrected chi connectivity index (χ3v) is 5.00. The molecule has 3 rings (SSSR count). The Hall–Kier alpha value is -3.00. The Kier molecular flexibility index (Phi) is 5.43. The molecule has 0 spiro atoms. The number of ether oxygens (including phenoxy) is 1. The number of para-hydroxylation sites is 1. The smallest absolute Gasteiger partial charge is 0.273 e. The van der Waals surface area contributed by atoms with Crippen LogP contribution in [0.15, 0.2) is 48.5 Å². The van der Waals surface area contributed by atoms with Crippen molar-refractivity contribution in [2.24, 2.45) is 0 Å². The Morgan fingerprint density at radius 3 is 2.88 bits per heavy atom. The zero-order valence-electron chi connectivity index (χ0n) is 14.0. The molecule has 1 heterocycles. The predicted octanol–water partition coefficient (Wildman–Crippen LogP) is 3.50. The monoisotopic (exact) mass is 371 g/mol. The van der Waals surface area contributed by atoms with Crippen molar-refractivity contribution in [2.75, 3.05) is 13.2 Å². The van der Waals surface area contributed by atoms with Crippen molar-refractivity contribution in [3.63, 3.8) is 0 Å². The van der Waals surface area contributed by atoms with E-state index in [1.54, 1.807) is 17.4 Å². The minimum atomic E-state index is -0.507. The summed E-state index contributed by atoms with van der Waals surface area (Å²) in [6.45, 7) is 2.24. The number of non-ortho nitro benzene ring substituents is 1. The van der Waals surface area contributed by atoms with E-state index in [1.807, 2.05) is 31.2 Å². The van der Waals surface area contributed by atoms with Crippen molar-refractivity contribution in [1.29, 1.82) is 0 Å². The minimum Gasteiger partial charge on any atom is -0.484 e. The van der Waals surface area contributed by atoms with Gasteiger partial charge in [-0.2, -0.15) is 0 Å². The summed E-state index contributed by atoms with van der Waals surface area (Å²) in [7, 11) is 0. The summed E-state index contributed by atoms with van der Waals surface area (Å²) in [5, 5.41) is 14.5. The Labute approximate surface area is 153 Å². The van der Waals surface area contributed by atoms with Crippen molar-refractivity contribution in [3.8, 4) is 5.75 Å². The number of nitrogens with one attached hydrogen (secondary N) is 1. The third-order valence-electron chi connectivity index (χ3n) is 3.74. The summed E-state index contributed by atoms with van der Waals surface area (Å²) >= 11 is 1.61. The number of carbonyl (C=O) groups is 1. The lowest BCUT2D eigenvalue weighted by Crippen LogP contribution is -2.31. The van der Waals surface area contributed by atoms with Gasteiger partial charge in [0.05, 0.1) is 26.2 Å². The third kappa shape index (κ3) is 4.34. The van der Waals surface area contributed by atoms with E-state index in [4.69, 9.17) is 4.74 Å². The summed E-state index contributed by atoms with van der Waals surface area (Å²) in [6, 6.07) is 13.7. The molecule has 3 aromatic rings. The van der Waals surface area contributed by atoms with Gasteiger partial charge >= 0.3 is 0 Å². The van der Waals surface area contributed by atoms with Crippen LogP contribution in [0.4, 0.5) is 5.69 Å². The molecule has 1 N–H and O–H groups in total. The number of benzene rings is 2. The number of hydrogen-bond acceptors (Lipinski definition) is 6. The van der Waals surface area contributed by atoms with Crippen LogP contribution in [0.1, 0.15) is 17.8 Å². The molecule has 0 saturated carbocycles. The number of aromatic nitrogens is 1. The maximum Gasteiger partial charge on any atom is 0.273 e. The summed E-state index contributed by atoms with van der Waals surface area (Å²) < 4.78 is 6.44. The second kappa shape index (κ2) is 7.92. The first kappa shape index (κ1) is 17.8. The van der Waals surface area contributed by atoms with Crippen molar-refractivity contribution in [1.82, 2.24) is 10.3 Å². The van der Waals surface area contributed by atoms with Gasteiger partial charge in [-0.05, 0) is 18.2 Å². The molecule has 0 aliphatic carbocycles. The number of nitro benzene ring substituents is 1. The normalized spacial score (nSPS) is 11.9. The summed E-state index contributed by atoms with van der Waals surface area (Å²) in [6.07, 6.45) is 0. The molecular weight excluding hydrogens is 354 g/mol. The zero-order chi connectivity index (χ0) is 18.5. The first-order valence-corrected chi connectivity index (χ1v) is 8.84. The van der Waals surface area contributed by atoms with Gasteiger partial charge < -0.3 is 10.1 Å². The second-order valence-electron chi connectivity index (χ2n) is 5.77. The molecule has 0 fully saturated rings. The van der Waals surface area contributed by atoms with E-state index in [2.05, 4.69) is 10.3 Å². The van der Waals surface area contributed by atoms with Gasteiger partial charge in [-0.15, -0.1) is 11.3 Å². The Balaban J connectivity index is 1.50. The summed E-state index contributed by atoms with van der Waals surface area (Å²) in [5.41, 5.74) is 0.882. The SMILES string of the molecule is CC(CNC(=O)COc1cccc([N+](=O)[O-])c1)c1nc2ccccc2s1. The van der Waals surface area contributed by atoms with E-state index in [-0.39, 0.29) is 29.9 Å². The van der Waals surface area contributed by atoms with Gasteiger partial charge in [-0.25, -0.2) is 4.98 Å². The van der Waals surface area contributed by atoms with Gasteiger partial charge in [0.2, 0.25) is 0 Å². The molecule has 0 saturated heterocycles. The molecule has 2 aromatic carbocycles. The molecule has 8 heteroatoms. The van der Waals surface area contributed by atoms with Gasteiger partial charge in [0.1, 0.15) is 5.75 Å².